The highest BCUT2D eigenvalue weighted by molar-refractivity contribution is 14.1. The molecule has 1 unspecified atom stereocenters. The number of ether oxygens (including phenoxy) is 1. The van der Waals surface area contributed by atoms with Gasteiger partial charge in [-0.2, -0.15) is 0 Å². The standard InChI is InChI=1S/C48H57F4IN8O8S/c1-27-41(70-26-56-27)29-8-6-28(7-9-29)36(58-44(65)37-23-31(62)25-61(37)45(66)42(47(2,3)4)59-46(67)48(52)14-15-48)24-38(63)55-18-21-68-20-17-54-16-5-19-69-60-43(64)32-11-12-33(49)39(51)40(32)57-35-13-10-30(53)22-34(35)50/h6-13,22,26,31,36-37,42,54,57,62H,5,14-21,23-25H2,1-4H3,(H,55,63)(H,58,65)(H,59,67)(H,60,64)/t31-,36+,37+,42?/m1/s1. The van der Waals surface area contributed by atoms with Crippen LogP contribution < -0.4 is 32.1 Å². The minimum Gasteiger partial charge on any atom is -0.391 e. The number of aliphatic hydroxyl groups is 1. The van der Waals surface area contributed by atoms with E-state index >= 15 is 0 Å². The van der Waals surface area contributed by atoms with Crippen molar-refractivity contribution in [2.45, 2.75) is 89.7 Å². The fourth-order valence-corrected chi connectivity index (χ4v) is 8.87. The molecule has 1 aliphatic heterocycles. The largest absolute Gasteiger partial charge is 0.391 e. The second kappa shape index (κ2) is 24.2. The zero-order valence-corrected chi connectivity index (χ0v) is 42.0. The molecule has 0 radical (unpaired) electrons. The predicted molar refractivity (Wildman–Crippen MR) is 262 cm³/mol. The van der Waals surface area contributed by atoms with Crippen LogP contribution in [0.4, 0.5) is 28.9 Å². The Morgan fingerprint density at radius 2 is 1.69 bits per heavy atom. The van der Waals surface area contributed by atoms with Crippen molar-refractivity contribution < 1.29 is 56.2 Å². The lowest BCUT2D eigenvalue weighted by atomic mass is 9.85. The third-order valence-corrected chi connectivity index (χ3v) is 13.3. The first kappa shape index (κ1) is 54.1. The van der Waals surface area contributed by atoms with Crippen molar-refractivity contribution in [1.82, 2.24) is 36.6 Å². The lowest BCUT2D eigenvalue weighted by molar-refractivity contribution is -0.145. The minimum atomic E-state index is -2.03. The van der Waals surface area contributed by atoms with Crippen molar-refractivity contribution >= 4 is 74.8 Å². The highest BCUT2D eigenvalue weighted by Gasteiger charge is 2.53. The maximum absolute atomic E-state index is 14.7. The molecule has 2 aliphatic rings. The molecule has 1 aliphatic carbocycles. The van der Waals surface area contributed by atoms with Gasteiger partial charge in [-0.25, -0.2) is 28.0 Å². The first-order chi connectivity index (χ1) is 33.2. The summed E-state index contributed by atoms with van der Waals surface area (Å²) in [4.78, 5) is 78.8. The number of alkyl halides is 1. The van der Waals surface area contributed by atoms with Gasteiger partial charge in [0.2, 0.25) is 17.7 Å². The van der Waals surface area contributed by atoms with Crippen LogP contribution in [0.15, 0.2) is 60.1 Å². The molecule has 7 N–H and O–H groups in total. The number of hydrogen-bond acceptors (Lipinski definition) is 12. The molecule has 1 aromatic heterocycles. The van der Waals surface area contributed by atoms with Gasteiger partial charge in [0.25, 0.3) is 11.8 Å². The summed E-state index contributed by atoms with van der Waals surface area (Å²) in [6.45, 7) is 8.47. The van der Waals surface area contributed by atoms with Crippen LogP contribution in [-0.2, 0) is 28.8 Å². The molecule has 6 rings (SSSR count). The molecule has 2 fully saturated rings. The number of thiazole rings is 1. The summed E-state index contributed by atoms with van der Waals surface area (Å²) in [6.07, 6.45) is -0.735. The van der Waals surface area contributed by atoms with E-state index in [2.05, 4.69) is 37.0 Å². The first-order valence-corrected chi connectivity index (χ1v) is 24.7. The molecule has 2 heterocycles. The van der Waals surface area contributed by atoms with Gasteiger partial charge in [-0.3, -0.25) is 28.8 Å². The zero-order valence-electron chi connectivity index (χ0n) is 39.1. The first-order valence-electron chi connectivity index (χ1n) is 22.7. The highest BCUT2D eigenvalue weighted by Crippen LogP contribution is 2.40. The second-order valence-electron chi connectivity index (χ2n) is 18.2. The Balaban J connectivity index is 0.946. The Kier molecular flexibility index (Phi) is 18.7. The highest BCUT2D eigenvalue weighted by atomic mass is 127. The van der Waals surface area contributed by atoms with Crippen LogP contribution in [0, 0.1) is 33.4 Å². The van der Waals surface area contributed by atoms with Crippen LogP contribution in [0.2, 0.25) is 0 Å². The van der Waals surface area contributed by atoms with E-state index in [4.69, 9.17) is 9.57 Å². The Bertz CT molecular complexity index is 2510. The molecule has 1 saturated carbocycles. The average Bonchev–Trinajstić information content (AvgIpc) is 3.72. The summed E-state index contributed by atoms with van der Waals surface area (Å²) < 4.78 is 64.1. The number of aromatic nitrogens is 1. The number of hydroxylamine groups is 1. The van der Waals surface area contributed by atoms with Crippen molar-refractivity contribution in [3.63, 3.8) is 0 Å². The normalized spacial score (nSPS) is 17.1. The number of aliphatic hydroxyl groups excluding tert-OH is 1. The lowest BCUT2D eigenvalue weighted by Crippen LogP contribution is -2.59. The van der Waals surface area contributed by atoms with Crippen LogP contribution >= 0.6 is 33.9 Å². The molecular weight excluding hydrogens is 1050 g/mol. The number of benzene rings is 3. The van der Waals surface area contributed by atoms with Gasteiger partial charge in [0.05, 0.1) is 71.4 Å². The van der Waals surface area contributed by atoms with E-state index in [9.17, 15) is 46.6 Å². The molecule has 22 heteroatoms. The number of anilines is 2. The van der Waals surface area contributed by atoms with Crippen molar-refractivity contribution in [1.29, 1.82) is 0 Å². The molecule has 3 aromatic carbocycles. The molecule has 16 nitrogen and oxygen atoms in total. The van der Waals surface area contributed by atoms with E-state index in [0.717, 1.165) is 28.3 Å². The molecule has 4 atom stereocenters. The van der Waals surface area contributed by atoms with Crippen LogP contribution in [0.25, 0.3) is 10.4 Å². The Hall–Kier alpha value is -5.27. The van der Waals surface area contributed by atoms with E-state index in [0.29, 0.717) is 35.3 Å². The van der Waals surface area contributed by atoms with Gasteiger partial charge < -0.3 is 41.3 Å². The average molecular weight is 1110 g/mol. The fraction of sp³-hybridized carbons (Fsp3) is 0.458. The van der Waals surface area contributed by atoms with E-state index in [1.807, 2.05) is 41.6 Å². The summed E-state index contributed by atoms with van der Waals surface area (Å²) in [5.41, 5.74) is 2.42. The van der Waals surface area contributed by atoms with Gasteiger partial charge in [-0.15, -0.1) is 11.3 Å². The smallest absolute Gasteiger partial charge is 0.277 e. The second-order valence-corrected chi connectivity index (χ2v) is 20.3. The Morgan fingerprint density at radius 1 is 0.957 bits per heavy atom. The lowest BCUT2D eigenvalue weighted by Gasteiger charge is -2.36. The van der Waals surface area contributed by atoms with Crippen molar-refractivity contribution in [3.8, 4) is 10.4 Å². The molecule has 378 valence electrons. The number of likely N-dealkylation sites (tertiary alicyclic amines) is 1. The van der Waals surface area contributed by atoms with Gasteiger partial charge in [0.1, 0.15) is 17.9 Å². The minimum absolute atomic E-state index is 0.0598. The van der Waals surface area contributed by atoms with Crippen LogP contribution in [0.3, 0.4) is 0 Å². The van der Waals surface area contributed by atoms with Gasteiger partial charge in [0, 0.05) is 29.6 Å². The number of halogens is 5. The fourth-order valence-electron chi connectivity index (χ4n) is 7.60. The predicted octanol–water partition coefficient (Wildman–Crippen LogP) is 5.90. The SMILES string of the molecule is Cc1ncsc1-c1ccc([C@H](CC(=O)NCCOCCNCCCONC(=O)c2ccc(F)c(F)c2Nc2ccc(I)cc2F)NC(=O)[C@@H]2C[C@@H](O)CN2C(=O)C(NC(=O)C2(F)CC2)C(C)(C)C)cc1. The summed E-state index contributed by atoms with van der Waals surface area (Å²) in [5.74, 6) is -6.69. The molecule has 0 bridgehead atoms. The van der Waals surface area contributed by atoms with Gasteiger partial charge in [-0.1, -0.05) is 45.0 Å². The third kappa shape index (κ3) is 14.4. The van der Waals surface area contributed by atoms with Gasteiger partial charge in [0.15, 0.2) is 17.3 Å². The van der Waals surface area contributed by atoms with Gasteiger partial charge >= 0.3 is 0 Å². The quantitative estimate of drug-likeness (QED) is 0.0201. The zero-order chi connectivity index (χ0) is 50.8. The molecule has 5 amide bonds. The number of rotatable bonds is 23. The van der Waals surface area contributed by atoms with Gasteiger partial charge in [-0.05, 0) is 102 Å². The number of aryl methyl sites for hydroxylation is 1. The molecule has 70 heavy (non-hydrogen) atoms. The maximum atomic E-state index is 14.7. The third-order valence-electron chi connectivity index (χ3n) is 11.7. The summed E-state index contributed by atoms with van der Waals surface area (Å²) in [5, 5.41) is 24.6. The molecular formula is C48H57F4IN8O8S. The number of hydrogen-bond donors (Lipinski definition) is 7. The molecule has 0 spiro atoms. The number of β-amino-alcohol motifs (C(OH)–C–C–N with tert-alkyl or cyclic N) is 1. The summed E-state index contributed by atoms with van der Waals surface area (Å²) in [7, 11) is 0. The van der Waals surface area contributed by atoms with E-state index < -0.39 is 88.0 Å². The Morgan fingerprint density at radius 3 is 2.36 bits per heavy atom. The number of carbonyl (C=O) groups excluding carboxylic acids is 5. The van der Waals surface area contributed by atoms with E-state index in [1.165, 1.54) is 28.4 Å². The molecule has 4 aromatic rings. The van der Waals surface area contributed by atoms with E-state index in [-0.39, 0.29) is 63.2 Å². The summed E-state index contributed by atoms with van der Waals surface area (Å²) in [6, 6.07) is 10.1. The van der Waals surface area contributed by atoms with Crippen molar-refractivity contribution in [2.24, 2.45) is 5.41 Å². The molecule has 1 saturated heterocycles. The van der Waals surface area contributed by atoms with Crippen molar-refractivity contribution in [2.75, 3.05) is 51.3 Å². The summed E-state index contributed by atoms with van der Waals surface area (Å²) >= 11 is 3.38. The van der Waals surface area contributed by atoms with Crippen LogP contribution in [0.1, 0.15) is 80.5 Å². The number of nitrogens with zero attached hydrogens (tertiary/aromatic N) is 2. The van der Waals surface area contributed by atoms with E-state index in [1.54, 1.807) is 44.5 Å². The topological polar surface area (TPSA) is 212 Å². The number of carbonyl (C=O) groups is 5. The monoisotopic (exact) mass is 1110 g/mol. The number of nitrogens with one attached hydrogen (secondary N) is 6. The maximum Gasteiger partial charge on any atom is 0.277 e. The number of amides is 5. The van der Waals surface area contributed by atoms with Crippen LogP contribution in [-0.4, -0.2) is 114 Å². The Labute approximate surface area is 420 Å². The van der Waals surface area contributed by atoms with Crippen molar-refractivity contribution in [3.05, 3.63) is 98.0 Å². The van der Waals surface area contributed by atoms with Crippen LogP contribution in [0.5, 0.6) is 0 Å².